The molecule has 0 aromatic rings. The minimum Gasteiger partial charge on any atom is -0.309 e. The van der Waals surface area contributed by atoms with Crippen LogP contribution in [0.4, 0.5) is 0 Å². The summed E-state index contributed by atoms with van der Waals surface area (Å²) in [6.45, 7) is 3.97. The molecule has 0 aromatic carbocycles. The molecule has 0 aromatic heterocycles. The minimum absolute atomic E-state index is 0.896. The lowest BCUT2D eigenvalue weighted by molar-refractivity contribution is 0.341. The smallest absolute Gasteiger partial charge is 0.179 e. The average Bonchev–Trinajstić information content (AvgIpc) is 2.14. The zero-order chi connectivity index (χ0) is 7.40. The summed E-state index contributed by atoms with van der Waals surface area (Å²) in [5.74, 6) is 0. The molecule has 56 valence electrons. The van der Waals surface area contributed by atoms with E-state index in [-0.39, 0.29) is 0 Å². The lowest BCUT2D eigenvalue weighted by atomic mass is 10.4. The van der Waals surface area contributed by atoms with E-state index in [1.54, 1.807) is 0 Å². The molecule has 1 rings (SSSR count). The molecule has 1 fully saturated rings. The van der Waals surface area contributed by atoms with Crippen molar-refractivity contribution in [1.82, 2.24) is 9.80 Å². The van der Waals surface area contributed by atoms with Gasteiger partial charge in [-0.1, -0.05) is 0 Å². The van der Waals surface area contributed by atoms with Gasteiger partial charge >= 0.3 is 0 Å². The van der Waals surface area contributed by atoms with Gasteiger partial charge in [-0.05, 0) is 20.0 Å². The Hall–Kier alpha value is -0.750. The molecule has 0 atom stereocenters. The maximum Gasteiger partial charge on any atom is 0.179 e. The van der Waals surface area contributed by atoms with Crippen molar-refractivity contribution < 1.29 is 0 Å². The van der Waals surface area contributed by atoms with Gasteiger partial charge in [-0.15, -0.1) is 0 Å². The normalized spacial score (nSPS) is 21.8. The monoisotopic (exact) mass is 139 g/mol. The molecule has 1 aliphatic rings. The number of likely N-dealkylation sites (N-methyl/N-ethyl adjacent to an activating group) is 1. The lowest BCUT2D eigenvalue weighted by Crippen LogP contribution is -2.25. The van der Waals surface area contributed by atoms with Crippen LogP contribution >= 0.6 is 0 Å². The van der Waals surface area contributed by atoms with E-state index >= 15 is 0 Å². The third-order valence-electron chi connectivity index (χ3n) is 1.86. The van der Waals surface area contributed by atoms with Crippen LogP contribution in [0.5, 0.6) is 0 Å². The van der Waals surface area contributed by atoms with Gasteiger partial charge in [0.05, 0.1) is 0 Å². The third kappa shape index (κ3) is 1.89. The first kappa shape index (κ1) is 7.36. The van der Waals surface area contributed by atoms with Crippen molar-refractivity contribution in [1.29, 1.82) is 5.26 Å². The molecule has 0 spiro atoms. The van der Waals surface area contributed by atoms with Gasteiger partial charge in [-0.2, -0.15) is 5.26 Å². The first-order valence-corrected chi connectivity index (χ1v) is 3.66. The van der Waals surface area contributed by atoms with E-state index < -0.39 is 0 Å². The molecule has 3 heteroatoms. The highest BCUT2D eigenvalue weighted by Gasteiger charge is 2.08. The maximum absolute atomic E-state index is 8.56. The largest absolute Gasteiger partial charge is 0.309 e. The van der Waals surface area contributed by atoms with Crippen LogP contribution in [-0.4, -0.2) is 43.0 Å². The summed E-state index contributed by atoms with van der Waals surface area (Å²) in [6.07, 6.45) is 3.29. The highest BCUT2D eigenvalue weighted by molar-refractivity contribution is 4.77. The van der Waals surface area contributed by atoms with E-state index in [9.17, 15) is 0 Å². The SMILES string of the molecule is CN1CCCN(C#N)CC1. The third-order valence-corrected chi connectivity index (χ3v) is 1.86. The predicted molar refractivity (Wildman–Crippen MR) is 39.3 cm³/mol. The van der Waals surface area contributed by atoms with Crippen molar-refractivity contribution in [2.24, 2.45) is 0 Å². The van der Waals surface area contributed by atoms with Gasteiger partial charge in [-0.3, -0.25) is 0 Å². The van der Waals surface area contributed by atoms with Crippen molar-refractivity contribution in [2.45, 2.75) is 6.42 Å². The van der Waals surface area contributed by atoms with Crippen LogP contribution in [0, 0.1) is 11.5 Å². The Kier molecular flexibility index (Phi) is 2.52. The summed E-state index contributed by atoms with van der Waals surface area (Å²) < 4.78 is 0. The van der Waals surface area contributed by atoms with Crippen molar-refractivity contribution in [2.75, 3.05) is 33.2 Å². The number of hydrogen-bond acceptors (Lipinski definition) is 3. The van der Waals surface area contributed by atoms with Crippen molar-refractivity contribution in [3.63, 3.8) is 0 Å². The molecule has 0 radical (unpaired) electrons. The van der Waals surface area contributed by atoms with E-state index in [1.807, 2.05) is 4.90 Å². The number of hydrogen-bond donors (Lipinski definition) is 0. The molecule has 0 saturated carbocycles. The van der Waals surface area contributed by atoms with Crippen LogP contribution in [0.15, 0.2) is 0 Å². The lowest BCUT2D eigenvalue weighted by Gasteiger charge is -2.12. The Morgan fingerprint density at radius 1 is 1.20 bits per heavy atom. The fraction of sp³-hybridized carbons (Fsp3) is 0.857. The minimum atomic E-state index is 0.896. The average molecular weight is 139 g/mol. The zero-order valence-corrected chi connectivity index (χ0v) is 6.38. The fourth-order valence-corrected chi connectivity index (χ4v) is 1.15. The molecule has 0 amide bonds. The van der Waals surface area contributed by atoms with E-state index in [4.69, 9.17) is 5.26 Å². The molecule has 1 heterocycles. The summed E-state index contributed by atoms with van der Waals surface area (Å²) >= 11 is 0. The van der Waals surface area contributed by atoms with Crippen molar-refractivity contribution in [3.8, 4) is 6.19 Å². The molecule has 0 aliphatic carbocycles. The second-order valence-corrected chi connectivity index (χ2v) is 2.74. The summed E-state index contributed by atoms with van der Waals surface area (Å²) in [4.78, 5) is 4.08. The van der Waals surface area contributed by atoms with E-state index in [2.05, 4.69) is 18.1 Å². The van der Waals surface area contributed by atoms with Crippen LogP contribution in [0.25, 0.3) is 0 Å². The molecule has 0 bridgehead atoms. The van der Waals surface area contributed by atoms with E-state index in [0.717, 1.165) is 32.6 Å². The van der Waals surface area contributed by atoms with Crippen LogP contribution in [0.1, 0.15) is 6.42 Å². The second-order valence-electron chi connectivity index (χ2n) is 2.74. The summed E-state index contributed by atoms with van der Waals surface area (Å²) in [6, 6.07) is 0. The zero-order valence-electron chi connectivity index (χ0n) is 6.38. The summed E-state index contributed by atoms with van der Waals surface area (Å²) in [5, 5.41) is 8.56. The molecule has 0 unspecified atom stereocenters. The van der Waals surface area contributed by atoms with Gasteiger partial charge in [0.2, 0.25) is 0 Å². The van der Waals surface area contributed by atoms with E-state index in [0.29, 0.717) is 0 Å². The summed E-state index contributed by atoms with van der Waals surface area (Å²) in [7, 11) is 2.10. The molecule has 3 nitrogen and oxygen atoms in total. The summed E-state index contributed by atoms with van der Waals surface area (Å²) in [5.41, 5.74) is 0. The fourth-order valence-electron chi connectivity index (χ4n) is 1.15. The maximum atomic E-state index is 8.56. The van der Waals surface area contributed by atoms with Gasteiger partial charge in [0.1, 0.15) is 0 Å². The van der Waals surface area contributed by atoms with Gasteiger partial charge in [0, 0.05) is 19.6 Å². The Morgan fingerprint density at radius 3 is 2.70 bits per heavy atom. The van der Waals surface area contributed by atoms with Crippen molar-refractivity contribution in [3.05, 3.63) is 0 Å². The van der Waals surface area contributed by atoms with Crippen molar-refractivity contribution >= 4 is 0 Å². The number of nitrogens with zero attached hydrogens (tertiary/aromatic N) is 3. The van der Waals surface area contributed by atoms with Crippen LogP contribution in [0.2, 0.25) is 0 Å². The predicted octanol–water partition coefficient (Wildman–Crippen LogP) is 0.105. The molecular formula is C7H13N3. The van der Waals surface area contributed by atoms with Gasteiger partial charge in [0.25, 0.3) is 0 Å². The Balaban J connectivity index is 2.35. The quantitative estimate of drug-likeness (QED) is 0.446. The molecule has 10 heavy (non-hydrogen) atoms. The van der Waals surface area contributed by atoms with Gasteiger partial charge < -0.3 is 9.80 Å². The number of nitriles is 1. The highest BCUT2D eigenvalue weighted by atomic mass is 15.2. The molecular weight excluding hydrogens is 126 g/mol. The van der Waals surface area contributed by atoms with Crippen LogP contribution in [0.3, 0.4) is 0 Å². The Labute approximate surface area is 61.8 Å². The van der Waals surface area contributed by atoms with Gasteiger partial charge in [0.15, 0.2) is 6.19 Å². The second kappa shape index (κ2) is 3.43. The first-order valence-electron chi connectivity index (χ1n) is 3.66. The van der Waals surface area contributed by atoms with Crippen LogP contribution < -0.4 is 0 Å². The first-order chi connectivity index (χ1) is 4.83. The molecule has 1 aliphatic heterocycles. The molecule has 1 saturated heterocycles. The Morgan fingerprint density at radius 2 is 2.00 bits per heavy atom. The van der Waals surface area contributed by atoms with E-state index in [1.165, 1.54) is 0 Å². The van der Waals surface area contributed by atoms with Gasteiger partial charge in [-0.25, -0.2) is 0 Å². The molecule has 0 N–H and O–H groups in total. The number of rotatable bonds is 0. The Bertz CT molecular complexity index is 138. The standard InChI is InChI=1S/C7H13N3/c1-9-3-2-4-10(7-8)6-5-9/h2-6H2,1H3. The van der Waals surface area contributed by atoms with Crippen LogP contribution in [-0.2, 0) is 0 Å². The highest BCUT2D eigenvalue weighted by Crippen LogP contribution is 1.98. The topological polar surface area (TPSA) is 30.3 Å².